The number of aryl methyl sites for hydroxylation is 2. The standard InChI is InChI=1S/C13H16ClN3O/c1-9-11(8-17(2)16-9)7-15-6-10-5-12(14)3-4-13(10)18/h3-5,8,15,18H,6-7H2,1-2H3. The van der Waals surface area contributed by atoms with E-state index in [-0.39, 0.29) is 5.75 Å². The first-order valence-corrected chi connectivity index (χ1v) is 6.11. The molecule has 5 heteroatoms. The average molecular weight is 266 g/mol. The van der Waals surface area contributed by atoms with Crippen LogP contribution < -0.4 is 5.32 Å². The predicted molar refractivity (Wildman–Crippen MR) is 71.6 cm³/mol. The summed E-state index contributed by atoms with van der Waals surface area (Å²) in [6.45, 7) is 3.26. The largest absolute Gasteiger partial charge is 0.508 e. The number of hydrogen-bond acceptors (Lipinski definition) is 3. The molecule has 0 aliphatic carbocycles. The van der Waals surface area contributed by atoms with Gasteiger partial charge in [-0.15, -0.1) is 0 Å². The van der Waals surface area contributed by atoms with Crippen LogP contribution in [0.4, 0.5) is 0 Å². The van der Waals surface area contributed by atoms with E-state index in [1.165, 1.54) is 0 Å². The zero-order valence-corrected chi connectivity index (χ0v) is 11.2. The van der Waals surface area contributed by atoms with Crippen LogP contribution in [0.3, 0.4) is 0 Å². The third-order valence-corrected chi connectivity index (χ3v) is 3.02. The maximum Gasteiger partial charge on any atom is 0.120 e. The molecule has 0 spiro atoms. The predicted octanol–water partition coefficient (Wildman–Crippen LogP) is 2.38. The SMILES string of the molecule is Cc1nn(C)cc1CNCc1cc(Cl)ccc1O. The number of aromatic hydroxyl groups is 1. The summed E-state index contributed by atoms with van der Waals surface area (Å²) < 4.78 is 1.79. The van der Waals surface area contributed by atoms with Gasteiger partial charge in [-0.3, -0.25) is 4.68 Å². The van der Waals surface area contributed by atoms with E-state index in [1.54, 1.807) is 22.9 Å². The monoisotopic (exact) mass is 265 g/mol. The van der Waals surface area contributed by atoms with E-state index in [9.17, 15) is 5.11 Å². The molecule has 2 aromatic rings. The van der Waals surface area contributed by atoms with Gasteiger partial charge in [-0.05, 0) is 25.1 Å². The van der Waals surface area contributed by atoms with Crippen molar-refractivity contribution < 1.29 is 5.11 Å². The zero-order valence-electron chi connectivity index (χ0n) is 10.4. The molecule has 2 rings (SSSR count). The fourth-order valence-electron chi connectivity index (χ4n) is 1.85. The fraction of sp³-hybridized carbons (Fsp3) is 0.308. The van der Waals surface area contributed by atoms with Gasteiger partial charge in [-0.2, -0.15) is 5.10 Å². The highest BCUT2D eigenvalue weighted by Crippen LogP contribution is 2.21. The molecule has 0 saturated carbocycles. The van der Waals surface area contributed by atoms with Crippen LogP contribution in [0.25, 0.3) is 0 Å². The molecule has 0 unspecified atom stereocenters. The van der Waals surface area contributed by atoms with Crippen LogP contribution in [-0.4, -0.2) is 14.9 Å². The van der Waals surface area contributed by atoms with Crippen LogP contribution in [0.5, 0.6) is 5.75 Å². The molecule has 4 nitrogen and oxygen atoms in total. The smallest absolute Gasteiger partial charge is 0.120 e. The molecule has 0 fully saturated rings. The molecular weight excluding hydrogens is 250 g/mol. The lowest BCUT2D eigenvalue weighted by Gasteiger charge is -2.06. The van der Waals surface area contributed by atoms with Crippen molar-refractivity contribution in [2.75, 3.05) is 0 Å². The number of hydrogen-bond donors (Lipinski definition) is 2. The van der Waals surface area contributed by atoms with Gasteiger partial charge in [0.05, 0.1) is 5.69 Å². The summed E-state index contributed by atoms with van der Waals surface area (Å²) in [4.78, 5) is 0. The van der Waals surface area contributed by atoms with Crippen LogP contribution in [0.15, 0.2) is 24.4 Å². The summed E-state index contributed by atoms with van der Waals surface area (Å²) in [5.74, 6) is 0.259. The lowest BCUT2D eigenvalue weighted by molar-refractivity contribution is 0.464. The van der Waals surface area contributed by atoms with Crippen molar-refractivity contribution in [2.24, 2.45) is 7.05 Å². The second-order valence-corrected chi connectivity index (χ2v) is 4.73. The summed E-state index contributed by atoms with van der Waals surface area (Å²) >= 11 is 5.89. The Bertz CT molecular complexity index is 551. The lowest BCUT2D eigenvalue weighted by atomic mass is 10.2. The molecule has 1 aromatic heterocycles. The third kappa shape index (κ3) is 3.03. The van der Waals surface area contributed by atoms with Crippen LogP contribution in [0.1, 0.15) is 16.8 Å². The summed E-state index contributed by atoms with van der Waals surface area (Å²) in [5.41, 5.74) is 2.96. The summed E-state index contributed by atoms with van der Waals surface area (Å²) in [6.07, 6.45) is 1.99. The van der Waals surface area contributed by atoms with Crippen molar-refractivity contribution in [2.45, 2.75) is 20.0 Å². The molecule has 1 heterocycles. The highest BCUT2D eigenvalue weighted by molar-refractivity contribution is 6.30. The molecule has 0 aliphatic heterocycles. The van der Waals surface area contributed by atoms with Crippen molar-refractivity contribution in [3.63, 3.8) is 0 Å². The third-order valence-electron chi connectivity index (χ3n) is 2.79. The Morgan fingerprint density at radius 1 is 1.33 bits per heavy atom. The number of halogens is 1. The van der Waals surface area contributed by atoms with E-state index < -0.39 is 0 Å². The molecule has 0 aliphatic rings. The van der Waals surface area contributed by atoms with Gasteiger partial charge in [0.2, 0.25) is 0 Å². The van der Waals surface area contributed by atoms with Gasteiger partial charge < -0.3 is 10.4 Å². The Hall–Kier alpha value is -1.52. The van der Waals surface area contributed by atoms with Crippen LogP contribution in [0.2, 0.25) is 5.02 Å². The number of benzene rings is 1. The van der Waals surface area contributed by atoms with Crippen LogP contribution in [-0.2, 0) is 20.1 Å². The zero-order chi connectivity index (χ0) is 13.1. The molecule has 0 amide bonds. The van der Waals surface area contributed by atoms with Gasteiger partial charge in [-0.25, -0.2) is 0 Å². The Labute approximate surface area is 111 Å². The lowest BCUT2D eigenvalue weighted by Crippen LogP contribution is -2.13. The Morgan fingerprint density at radius 3 is 2.72 bits per heavy atom. The minimum absolute atomic E-state index is 0.259. The van der Waals surface area contributed by atoms with Crippen molar-refractivity contribution in [1.29, 1.82) is 0 Å². The first-order valence-electron chi connectivity index (χ1n) is 5.73. The van der Waals surface area contributed by atoms with E-state index in [2.05, 4.69) is 10.4 Å². The maximum absolute atomic E-state index is 9.68. The Morgan fingerprint density at radius 2 is 2.06 bits per heavy atom. The van der Waals surface area contributed by atoms with E-state index in [0.29, 0.717) is 18.1 Å². The van der Waals surface area contributed by atoms with E-state index in [1.807, 2.05) is 20.2 Å². The number of nitrogens with zero attached hydrogens (tertiary/aromatic N) is 2. The van der Waals surface area contributed by atoms with Gasteiger partial charge in [0.1, 0.15) is 5.75 Å². The average Bonchev–Trinajstić information content (AvgIpc) is 2.62. The van der Waals surface area contributed by atoms with Crippen LogP contribution >= 0.6 is 11.6 Å². The minimum Gasteiger partial charge on any atom is -0.508 e. The Balaban J connectivity index is 1.96. The van der Waals surface area contributed by atoms with Crippen LogP contribution in [0, 0.1) is 6.92 Å². The van der Waals surface area contributed by atoms with E-state index in [0.717, 1.165) is 16.8 Å². The van der Waals surface area contributed by atoms with Gasteiger partial charge >= 0.3 is 0 Å². The number of rotatable bonds is 4. The molecule has 18 heavy (non-hydrogen) atoms. The van der Waals surface area contributed by atoms with Gasteiger partial charge in [-0.1, -0.05) is 11.6 Å². The molecule has 1 aromatic carbocycles. The maximum atomic E-state index is 9.68. The molecular formula is C13H16ClN3O. The van der Waals surface area contributed by atoms with Crippen molar-refractivity contribution in [1.82, 2.24) is 15.1 Å². The number of nitrogens with one attached hydrogen (secondary N) is 1. The fourth-order valence-corrected chi connectivity index (χ4v) is 2.04. The molecule has 0 radical (unpaired) electrons. The summed E-state index contributed by atoms with van der Waals surface area (Å²) in [5, 5.41) is 17.8. The van der Waals surface area contributed by atoms with E-state index >= 15 is 0 Å². The number of aromatic nitrogens is 2. The molecule has 96 valence electrons. The second-order valence-electron chi connectivity index (χ2n) is 4.29. The van der Waals surface area contributed by atoms with E-state index in [4.69, 9.17) is 11.6 Å². The molecule has 0 atom stereocenters. The molecule has 2 N–H and O–H groups in total. The van der Waals surface area contributed by atoms with Gasteiger partial charge in [0, 0.05) is 42.5 Å². The quantitative estimate of drug-likeness (QED) is 0.892. The topological polar surface area (TPSA) is 50.1 Å². The highest BCUT2D eigenvalue weighted by Gasteiger charge is 2.04. The minimum atomic E-state index is 0.259. The molecule has 0 saturated heterocycles. The van der Waals surface area contributed by atoms with Gasteiger partial charge in [0.25, 0.3) is 0 Å². The van der Waals surface area contributed by atoms with Crippen molar-refractivity contribution in [3.05, 3.63) is 46.2 Å². The molecule has 0 bridgehead atoms. The second kappa shape index (κ2) is 5.42. The first kappa shape index (κ1) is 12.9. The van der Waals surface area contributed by atoms with Gasteiger partial charge in [0.15, 0.2) is 0 Å². The summed E-state index contributed by atoms with van der Waals surface area (Å²) in [6, 6.07) is 5.04. The Kier molecular flexibility index (Phi) is 3.89. The first-order chi connectivity index (χ1) is 8.56. The normalized spacial score (nSPS) is 10.8. The van der Waals surface area contributed by atoms with Crippen molar-refractivity contribution >= 4 is 11.6 Å². The summed E-state index contributed by atoms with van der Waals surface area (Å²) in [7, 11) is 1.90. The number of phenols is 1. The highest BCUT2D eigenvalue weighted by atomic mass is 35.5. The number of phenolic OH excluding ortho intramolecular Hbond substituents is 1. The van der Waals surface area contributed by atoms with Crippen molar-refractivity contribution in [3.8, 4) is 5.75 Å².